The zero-order valence-corrected chi connectivity index (χ0v) is 15.7. The number of nitrogens with one attached hydrogen (secondary N) is 3. The van der Waals surface area contributed by atoms with E-state index in [1.54, 1.807) is 17.3 Å². The summed E-state index contributed by atoms with van der Waals surface area (Å²) in [7, 11) is 0. The summed E-state index contributed by atoms with van der Waals surface area (Å²) < 4.78 is 20.6. The highest BCUT2D eigenvalue weighted by molar-refractivity contribution is 5.96. The molecule has 2 bridgehead atoms. The predicted octanol–water partition coefficient (Wildman–Crippen LogP) is 1.02. The molecule has 8 heteroatoms. The van der Waals surface area contributed by atoms with Gasteiger partial charge in [0, 0.05) is 18.8 Å². The van der Waals surface area contributed by atoms with E-state index in [2.05, 4.69) is 27.0 Å². The summed E-state index contributed by atoms with van der Waals surface area (Å²) in [5.74, 6) is 0.124. The number of aryl methyl sites for hydroxylation is 1. The number of ether oxygens (including phenoxy) is 1. The second-order valence-electron chi connectivity index (χ2n) is 8.54. The number of nitrogens with zero attached hydrogens (tertiary/aromatic N) is 2. The van der Waals surface area contributed by atoms with Crippen molar-refractivity contribution in [3.05, 3.63) is 40.8 Å². The van der Waals surface area contributed by atoms with Crippen molar-refractivity contribution in [2.75, 3.05) is 18.2 Å². The first-order chi connectivity index (χ1) is 13.6. The normalized spacial score (nSPS) is 34.6. The Hall–Kier alpha value is -2.00. The number of morpholine rings is 1. The maximum Gasteiger partial charge on any atom is 0.254 e. The number of anilines is 1. The van der Waals surface area contributed by atoms with Crippen LogP contribution in [-0.4, -0.2) is 48.6 Å². The molecule has 4 heterocycles. The van der Waals surface area contributed by atoms with Gasteiger partial charge in [-0.05, 0) is 49.3 Å². The number of carbonyl (C=O) groups is 1. The van der Waals surface area contributed by atoms with E-state index in [0.29, 0.717) is 29.8 Å². The third-order valence-corrected chi connectivity index (χ3v) is 6.54. The van der Waals surface area contributed by atoms with Crippen LogP contribution in [0.25, 0.3) is 0 Å². The molecule has 28 heavy (non-hydrogen) atoms. The monoisotopic (exact) mass is 385 g/mol. The van der Waals surface area contributed by atoms with Gasteiger partial charge < -0.3 is 10.1 Å². The van der Waals surface area contributed by atoms with Crippen molar-refractivity contribution in [3.63, 3.8) is 0 Å². The molecule has 0 radical (unpaired) electrons. The smallest absolute Gasteiger partial charge is 0.254 e. The van der Waals surface area contributed by atoms with Crippen molar-refractivity contribution in [3.8, 4) is 0 Å². The number of rotatable bonds is 3. The third kappa shape index (κ3) is 2.59. The minimum atomic E-state index is -0.347. The molecule has 0 spiro atoms. The third-order valence-electron chi connectivity index (χ3n) is 6.54. The molecule has 1 aromatic rings. The van der Waals surface area contributed by atoms with E-state index in [0.717, 1.165) is 36.9 Å². The minimum absolute atomic E-state index is 0.125. The maximum absolute atomic E-state index is 14.9. The van der Waals surface area contributed by atoms with E-state index in [9.17, 15) is 9.18 Å². The van der Waals surface area contributed by atoms with Crippen molar-refractivity contribution in [2.45, 2.75) is 56.7 Å². The molecule has 1 saturated carbocycles. The number of hydrogen-bond acceptors (Lipinski definition) is 6. The number of halogens is 1. The number of likely N-dealkylation sites (tertiary alicyclic amines) is 1. The zero-order valence-electron chi connectivity index (χ0n) is 15.7. The average Bonchev–Trinajstić information content (AvgIpc) is 3.08. The molecule has 1 amide bonds. The highest BCUT2D eigenvalue weighted by Gasteiger charge is 2.46. The molecule has 4 fully saturated rings. The Morgan fingerprint density at radius 3 is 2.82 bits per heavy atom. The van der Waals surface area contributed by atoms with Gasteiger partial charge in [-0.1, -0.05) is 6.07 Å². The number of amides is 1. The first-order valence-electron chi connectivity index (χ1n) is 10.1. The van der Waals surface area contributed by atoms with Gasteiger partial charge in [-0.25, -0.2) is 9.82 Å². The van der Waals surface area contributed by atoms with Crippen LogP contribution in [0.15, 0.2) is 23.9 Å². The van der Waals surface area contributed by atoms with Gasteiger partial charge in [0.05, 0.1) is 24.0 Å². The molecular weight excluding hydrogens is 361 g/mol. The fourth-order valence-electron chi connectivity index (χ4n) is 4.96. The fourth-order valence-corrected chi connectivity index (χ4v) is 4.96. The fraction of sp³-hybridized carbons (Fsp3) is 0.550. The molecule has 1 aromatic carbocycles. The Morgan fingerprint density at radius 2 is 2.14 bits per heavy atom. The first-order valence-corrected chi connectivity index (χ1v) is 10.1. The summed E-state index contributed by atoms with van der Waals surface area (Å²) >= 11 is 0. The molecule has 0 aromatic heterocycles. The predicted molar refractivity (Wildman–Crippen MR) is 101 cm³/mol. The lowest BCUT2D eigenvalue weighted by Gasteiger charge is -2.40. The Bertz CT molecular complexity index is 862. The molecule has 3 N–H and O–H groups in total. The zero-order chi connectivity index (χ0) is 19.0. The summed E-state index contributed by atoms with van der Waals surface area (Å²) in [6.45, 7) is 3.45. The Kier molecular flexibility index (Phi) is 3.62. The number of benzene rings is 1. The second kappa shape index (κ2) is 6.00. The van der Waals surface area contributed by atoms with E-state index in [4.69, 9.17) is 4.74 Å². The molecule has 6 rings (SSSR count). The maximum atomic E-state index is 14.9. The lowest BCUT2D eigenvalue weighted by Crippen LogP contribution is -2.68. The molecule has 3 saturated heterocycles. The van der Waals surface area contributed by atoms with E-state index in [1.165, 1.54) is 0 Å². The highest BCUT2D eigenvalue weighted by atomic mass is 19.1. The Balaban J connectivity index is 1.24. The van der Waals surface area contributed by atoms with Gasteiger partial charge in [0.25, 0.3) is 5.91 Å². The molecule has 4 aliphatic heterocycles. The van der Waals surface area contributed by atoms with Crippen LogP contribution in [0.5, 0.6) is 0 Å². The minimum Gasteiger partial charge on any atom is -0.375 e. The van der Waals surface area contributed by atoms with E-state index >= 15 is 0 Å². The molecule has 4 atom stereocenters. The summed E-state index contributed by atoms with van der Waals surface area (Å²) in [5, 5.41) is 8.13. The Labute approximate surface area is 162 Å². The lowest BCUT2D eigenvalue weighted by molar-refractivity contribution is -0.123. The van der Waals surface area contributed by atoms with Crippen LogP contribution >= 0.6 is 0 Å². The number of fused-ring (bicyclic) bond motifs is 3. The largest absolute Gasteiger partial charge is 0.375 e. The number of hydrazine groups is 1. The molecule has 5 aliphatic rings. The SMILES string of the molecule is Cc1cc(C2CC2)cc(F)c1N1C=C2C(=O)NC(N3C[C@@H]4C[C@H]3CO4)NC2N1. The van der Waals surface area contributed by atoms with Crippen molar-refractivity contribution in [1.82, 2.24) is 21.0 Å². The average molecular weight is 385 g/mol. The summed E-state index contributed by atoms with van der Waals surface area (Å²) in [6.07, 6.45) is 4.66. The van der Waals surface area contributed by atoms with Crippen LogP contribution < -0.4 is 21.1 Å². The van der Waals surface area contributed by atoms with Crippen molar-refractivity contribution in [1.29, 1.82) is 0 Å². The second-order valence-corrected chi connectivity index (χ2v) is 8.54. The van der Waals surface area contributed by atoms with Crippen LogP contribution in [0.2, 0.25) is 0 Å². The quantitative estimate of drug-likeness (QED) is 0.722. The highest BCUT2D eigenvalue weighted by Crippen LogP contribution is 2.42. The van der Waals surface area contributed by atoms with Gasteiger partial charge in [0.1, 0.15) is 18.3 Å². The van der Waals surface area contributed by atoms with Crippen LogP contribution in [-0.2, 0) is 9.53 Å². The van der Waals surface area contributed by atoms with Gasteiger partial charge in [-0.2, -0.15) is 0 Å². The number of hydrogen-bond donors (Lipinski definition) is 3. The lowest BCUT2D eigenvalue weighted by atomic mass is 10.1. The molecular formula is C20H24FN5O2. The topological polar surface area (TPSA) is 68.9 Å². The van der Waals surface area contributed by atoms with Gasteiger partial charge in [-0.3, -0.25) is 20.0 Å². The molecule has 7 nitrogen and oxygen atoms in total. The van der Waals surface area contributed by atoms with Gasteiger partial charge in [0.15, 0.2) is 0 Å². The van der Waals surface area contributed by atoms with E-state index in [-0.39, 0.29) is 30.3 Å². The van der Waals surface area contributed by atoms with Crippen LogP contribution in [0.4, 0.5) is 10.1 Å². The standard InChI is InChI=1S/C20H24FN5O2/c1-10-4-12(11-2-3-11)5-16(21)17(10)26-8-15-18(24-26)22-20(23-19(15)27)25-7-14-6-13(25)9-28-14/h4-5,8,11,13-14,18,20,22,24H,2-3,6-7,9H2,1H3,(H,23,27)/t13-,14-,18?,20?/m0/s1. The van der Waals surface area contributed by atoms with Crippen molar-refractivity contribution in [2.24, 2.45) is 0 Å². The molecule has 2 unspecified atom stereocenters. The van der Waals surface area contributed by atoms with Gasteiger partial charge >= 0.3 is 0 Å². The summed E-state index contributed by atoms with van der Waals surface area (Å²) in [6, 6.07) is 4.04. The molecule has 1 aliphatic carbocycles. The first kappa shape index (κ1) is 16.9. The Morgan fingerprint density at radius 1 is 1.29 bits per heavy atom. The number of carbonyl (C=O) groups excluding carboxylic acids is 1. The summed E-state index contributed by atoms with van der Waals surface area (Å²) in [5.41, 5.74) is 6.25. The van der Waals surface area contributed by atoms with Crippen LogP contribution in [0, 0.1) is 12.7 Å². The van der Waals surface area contributed by atoms with Crippen molar-refractivity contribution >= 4 is 11.6 Å². The van der Waals surface area contributed by atoms with Crippen LogP contribution in [0.3, 0.4) is 0 Å². The summed E-state index contributed by atoms with van der Waals surface area (Å²) in [4.78, 5) is 15.0. The van der Waals surface area contributed by atoms with E-state index < -0.39 is 0 Å². The van der Waals surface area contributed by atoms with Gasteiger partial charge in [0.2, 0.25) is 0 Å². The van der Waals surface area contributed by atoms with Gasteiger partial charge in [-0.15, -0.1) is 0 Å². The van der Waals surface area contributed by atoms with E-state index in [1.807, 2.05) is 6.92 Å². The van der Waals surface area contributed by atoms with Crippen LogP contribution in [0.1, 0.15) is 36.3 Å². The molecule has 148 valence electrons. The van der Waals surface area contributed by atoms with Crippen molar-refractivity contribution < 1.29 is 13.9 Å².